The van der Waals surface area contributed by atoms with E-state index in [1.54, 1.807) is 12.1 Å². The predicted molar refractivity (Wildman–Crippen MR) is 75.8 cm³/mol. The van der Waals surface area contributed by atoms with Crippen LogP contribution in [0.4, 0.5) is 0 Å². The zero-order valence-corrected chi connectivity index (χ0v) is 11.9. The van der Waals surface area contributed by atoms with E-state index in [2.05, 4.69) is 5.32 Å². The van der Waals surface area contributed by atoms with Gasteiger partial charge < -0.3 is 15.2 Å². The van der Waals surface area contributed by atoms with Crippen LogP contribution >= 0.6 is 0 Å². The summed E-state index contributed by atoms with van der Waals surface area (Å²) >= 11 is 0. The molecule has 0 saturated carbocycles. The van der Waals surface area contributed by atoms with Crippen molar-refractivity contribution in [3.8, 4) is 5.75 Å². The number of aliphatic carboxylic acids is 1. The molecule has 0 aliphatic rings. The van der Waals surface area contributed by atoms with Gasteiger partial charge in [0.1, 0.15) is 5.75 Å². The lowest BCUT2D eigenvalue weighted by molar-refractivity contribution is -0.137. The highest BCUT2D eigenvalue weighted by Crippen LogP contribution is 2.11. The van der Waals surface area contributed by atoms with Crippen molar-refractivity contribution in [2.24, 2.45) is 0 Å². The van der Waals surface area contributed by atoms with E-state index in [4.69, 9.17) is 9.84 Å². The van der Waals surface area contributed by atoms with Gasteiger partial charge in [-0.15, -0.1) is 0 Å². The Morgan fingerprint density at radius 1 is 1.30 bits per heavy atom. The molecule has 2 N–H and O–H groups in total. The lowest BCUT2D eigenvalue weighted by Gasteiger charge is -2.16. The van der Waals surface area contributed by atoms with Crippen LogP contribution in [0.15, 0.2) is 24.3 Å². The zero-order chi connectivity index (χ0) is 15.0. The lowest BCUT2D eigenvalue weighted by Crippen LogP contribution is -2.39. The van der Waals surface area contributed by atoms with E-state index >= 15 is 0 Å². The first-order valence-electron chi connectivity index (χ1n) is 6.72. The van der Waals surface area contributed by atoms with E-state index in [0.29, 0.717) is 12.2 Å². The highest BCUT2D eigenvalue weighted by atomic mass is 16.5. The molecule has 1 aromatic rings. The van der Waals surface area contributed by atoms with Crippen LogP contribution in [0.2, 0.25) is 0 Å². The number of carboxylic acids is 1. The number of carboxylic acid groups (broad SMARTS) is 1. The summed E-state index contributed by atoms with van der Waals surface area (Å²) in [5.41, 5.74) is 1.12. The van der Waals surface area contributed by atoms with Gasteiger partial charge in [-0.05, 0) is 25.5 Å². The second-order valence-corrected chi connectivity index (χ2v) is 4.75. The number of amides is 1. The Morgan fingerprint density at radius 3 is 2.50 bits per heavy atom. The van der Waals surface area contributed by atoms with Gasteiger partial charge in [0.05, 0.1) is 6.42 Å². The molecule has 0 saturated heterocycles. The summed E-state index contributed by atoms with van der Waals surface area (Å²) in [5.74, 6) is -0.593. The number of carbonyl (C=O) groups excluding carboxylic acids is 1. The van der Waals surface area contributed by atoms with Crippen molar-refractivity contribution in [1.29, 1.82) is 0 Å². The standard InChI is InChI=1S/C15H21NO4/c1-3-4-12(9-15(18)19)16-14(17)10-20-13-7-5-11(2)6-8-13/h5-8,12H,3-4,9-10H2,1-2H3,(H,16,17)(H,18,19). The van der Waals surface area contributed by atoms with Gasteiger partial charge in [-0.3, -0.25) is 9.59 Å². The molecule has 0 spiro atoms. The van der Waals surface area contributed by atoms with Crippen molar-refractivity contribution >= 4 is 11.9 Å². The number of ether oxygens (including phenoxy) is 1. The van der Waals surface area contributed by atoms with Gasteiger partial charge in [-0.2, -0.15) is 0 Å². The van der Waals surface area contributed by atoms with E-state index in [0.717, 1.165) is 12.0 Å². The number of nitrogens with one attached hydrogen (secondary N) is 1. The molecule has 0 aromatic heterocycles. The van der Waals surface area contributed by atoms with Crippen molar-refractivity contribution in [2.45, 2.75) is 39.2 Å². The molecule has 1 aromatic carbocycles. The van der Waals surface area contributed by atoms with Crippen molar-refractivity contribution < 1.29 is 19.4 Å². The molecule has 0 radical (unpaired) electrons. The van der Waals surface area contributed by atoms with Crippen LogP contribution in [0, 0.1) is 6.92 Å². The minimum atomic E-state index is -0.914. The molecule has 5 nitrogen and oxygen atoms in total. The minimum Gasteiger partial charge on any atom is -0.484 e. The summed E-state index contributed by atoms with van der Waals surface area (Å²) in [7, 11) is 0. The molecule has 0 aliphatic carbocycles. The summed E-state index contributed by atoms with van der Waals surface area (Å²) in [4.78, 5) is 22.4. The number of benzene rings is 1. The first-order chi connectivity index (χ1) is 9.51. The summed E-state index contributed by atoms with van der Waals surface area (Å²) in [6, 6.07) is 7.05. The van der Waals surface area contributed by atoms with E-state index in [9.17, 15) is 9.59 Å². The summed E-state index contributed by atoms with van der Waals surface area (Å²) in [6.07, 6.45) is 1.39. The number of carbonyl (C=O) groups is 2. The van der Waals surface area contributed by atoms with Crippen LogP contribution < -0.4 is 10.1 Å². The maximum atomic E-state index is 11.7. The maximum Gasteiger partial charge on any atom is 0.305 e. The number of aryl methyl sites for hydroxylation is 1. The average molecular weight is 279 g/mol. The number of hydrogen-bond donors (Lipinski definition) is 2. The molecule has 5 heteroatoms. The molecule has 1 unspecified atom stereocenters. The maximum absolute atomic E-state index is 11.7. The normalized spacial score (nSPS) is 11.7. The van der Waals surface area contributed by atoms with E-state index in [-0.39, 0.29) is 25.0 Å². The Morgan fingerprint density at radius 2 is 1.95 bits per heavy atom. The summed E-state index contributed by atoms with van der Waals surface area (Å²) in [5, 5.41) is 11.5. The molecule has 0 bridgehead atoms. The van der Waals surface area contributed by atoms with Crippen LogP contribution in [-0.2, 0) is 9.59 Å². The van der Waals surface area contributed by atoms with E-state index < -0.39 is 5.97 Å². The van der Waals surface area contributed by atoms with E-state index in [1.807, 2.05) is 26.0 Å². The SMILES string of the molecule is CCCC(CC(=O)O)NC(=O)COc1ccc(C)cc1. The molecule has 0 heterocycles. The largest absolute Gasteiger partial charge is 0.484 e. The lowest BCUT2D eigenvalue weighted by atomic mass is 10.1. The Hall–Kier alpha value is -2.04. The summed E-state index contributed by atoms with van der Waals surface area (Å²) < 4.78 is 5.35. The van der Waals surface area contributed by atoms with Crippen LogP contribution in [0.3, 0.4) is 0 Å². The van der Waals surface area contributed by atoms with Crippen molar-refractivity contribution in [3.63, 3.8) is 0 Å². The van der Waals surface area contributed by atoms with Crippen molar-refractivity contribution in [3.05, 3.63) is 29.8 Å². The molecule has 20 heavy (non-hydrogen) atoms. The number of hydrogen-bond acceptors (Lipinski definition) is 3. The van der Waals surface area contributed by atoms with Crippen LogP contribution in [0.25, 0.3) is 0 Å². The van der Waals surface area contributed by atoms with Crippen LogP contribution in [0.5, 0.6) is 5.75 Å². The molecule has 1 atom stereocenters. The molecule has 0 aliphatic heterocycles. The van der Waals surface area contributed by atoms with Gasteiger partial charge in [0, 0.05) is 6.04 Å². The Balaban J connectivity index is 2.41. The molecular formula is C15H21NO4. The van der Waals surface area contributed by atoms with Crippen LogP contribution in [0.1, 0.15) is 31.7 Å². The average Bonchev–Trinajstić information content (AvgIpc) is 2.37. The fraction of sp³-hybridized carbons (Fsp3) is 0.467. The van der Waals surface area contributed by atoms with Crippen molar-refractivity contribution in [1.82, 2.24) is 5.32 Å². The predicted octanol–water partition coefficient (Wildman–Crippen LogP) is 2.13. The van der Waals surface area contributed by atoms with Gasteiger partial charge in [0.2, 0.25) is 0 Å². The topological polar surface area (TPSA) is 75.6 Å². The Kier molecular flexibility index (Phi) is 6.56. The second-order valence-electron chi connectivity index (χ2n) is 4.75. The third kappa shape index (κ3) is 6.22. The van der Waals surface area contributed by atoms with Gasteiger partial charge in [0.25, 0.3) is 5.91 Å². The molecule has 110 valence electrons. The first-order valence-corrected chi connectivity index (χ1v) is 6.72. The van der Waals surface area contributed by atoms with Crippen molar-refractivity contribution in [2.75, 3.05) is 6.61 Å². The zero-order valence-electron chi connectivity index (χ0n) is 11.9. The fourth-order valence-electron chi connectivity index (χ4n) is 1.84. The van der Waals surface area contributed by atoms with Gasteiger partial charge in [0.15, 0.2) is 6.61 Å². The number of rotatable bonds is 8. The fourth-order valence-corrected chi connectivity index (χ4v) is 1.84. The first kappa shape index (κ1) is 16.0. The molecule has 1 rings (SSSR count). The Bertz CT molecular complexity index is 442. The Labute approximate surface area is 118 Å². The third-order valence-electron chi connectivity index (χ3n) is 2.81. The van der Waals surface area contributed by atoms with E-state index in [1.165, 1.54) is 0 Å². The molecular weight excluding hydrogens is 258 g/mol. The van der Waals surface area contributed by atoms with Gasteiger partial charge in [-0.25, -0.2) is 0 Å². The van der Waals surface area contributed by atoms with Gasteiger partial charge >= 0.3 is 5.97 Å². The smallest absolute Gasteiger partial charge is 0.305 e. The highest BCUT2D eigenvalue weighted by Gasteiger charge is 2.15. The van der Waals surface area contributed by atoms with Gasteiger partial charge in [-0.1, -0.05) is 31.0 Å². The summed E-state index contributed by atoms with van der Waals surface area (Å²) in [6.45, 7) is 3.81. The monoisotopic (exact) mass is 279 g/mol. The third-order valence-corrected chi connectivity index (χ3v) is 2.81. The molecule has 0 fully saturated rings. The van der Waals surface area contributed by atoms with Crippen LogP contribution in [-0.4, -0.2) is 29.6 Å². The molecule has 1 amide bonds. The quantitative estimate of drug-likeness (QED) is 0.764. The highest BCUT2D eigenvalue weighted by molar-refractivity contribution is 5.78. The second kappa shape index (κ2) is 8.19. The minimum absolute atomic E-state index is 0.0654.